The summed E-state index contributed by atoms with van der Waals surface area (Å²) in [5, 5.41) is 5.02. The fourth-order valence-corrected chi connectivity index (χ4v) is 4.68. The number of likely N-dealkylation sites (tertiary alicyclic amines) is 1. The molecule has 1 fully saturated rings. The third-order valence-corrected chi connectivity index (χ3v) is 6.09. The Kier molecular flexibility index (Phi) is 4.49. The van der Waals surface area contributed by atoms with Crippen molar-refractivity contribution in [2.45, 2.75) is 18.9 Å². The molecular weight excluding hydrogens is 404 g/mol. The zero-order valence-corrected chi connectivity index (χ0v) is 15.7. The van der Waals surface area contributed by atoms with Gasteiger partial charge in [-0.1, -0.05) is 6.07 Å². The number of nitrogens with one attached hydrogen (secondary N) is 3. The van der Waals surface area contributed by atoms with E-state index in [-0.39, 0.29) is 11.6 Å². The van der Waals surface area contributed by atoms with E-state index in [2.05, 4.69) is 53.6 Å². The molecule has 3 heterocycles. The second-order valence-corrected chi connectivity index (χ2v) is 7.98. The number of nitrogens with zero attached hydrogens (tertiary/aromatic N) is 1. The van der Waals surface area contributed by atoms with E-state index in [1.165, 1.54) is 4.88 Å². The Labute approximate surface area is 156 Å². The lowest BCUT2D eigenvalue weighted by atomic mass is 10.2. The number of carbonyl (C=O) groups is 1. The number of carbonyl (C=O) groups excluding carboxylic acids is 1. The second-order valence-electron chi connectivity index (χ2n) is 6.15. The van der Waals surface area contributed by atoms with Gasteiger partial charge in [-0.3, -0.25) is 9.69 Å². The van der Waals surface area contributed by atoms with E-state index >= 15 is 0 Å². The fourth-order valence-electron chi connectivity index (χ4n) is 3.34. The van der Waals surface area contributed by atoms with Crippen molar-refractivity contribution in [1.82, 2.24) is 14.9 Å². The molecule has 1 aromatic carbocycles. The van der Waals surface area contributed by atoms with Crippen LogP contribution in [0.4, 0.5) is 5.69 Å². The normalized spacial score (nSPS) is 18.0. The Balaban J connectivity index is 1.48. The first-order valence-corrected chi connectivity index (χ1v) is 9.76. The highest BCUT2D eigenvalue weighted by molar-refractivity contribution is 9.10. The topological polar surface area (TPSA) is 81.0 Å². The Morgan fingerprint density at radius 3 is 2.92 bits per heavy atom. The second kappa shape index (κ2) is 6.78. The largest absolute Gasteiger partial charge is 0.324 e. The SMILES string of the molecule is O=C(CN1CCC[C@H]1c1cccs1)Nc1cc2[nH]c(=O)[nH]c2cc1Br. The lowest BCUT2D eigenvalue weighted by Gasteiger charge is -2.23. The number of fused-ring (bicyclic) bond motifs is 1. The zero-order chi connectivity index (χ0) is 17.4. The summed E-state index contributed by atoms with van der Waals surface area (Å²) in [6, 6.07) is 8.07. The monoisotopic (exact) mass is 420 g/mol. The lowest BCUT2D eigenvalue weighted by Crippen LogP contribution is -2.32. The van der Waals surface area contributed by atoms with Crippen molar-refractivity contribution >= 4 is 49.9 Å². The summed E-state index contributed by atoms with van der Waals surface area (Å²) >= 11 is 5.19. The van der Waals surface area contributed by atoms with Gasteiger partial charge in [-0.15, -0.1) is 11.3 Å². The predicted octanol–water partition coefficient (Wildman–Crippen LogP) is 3.46. The third kappa shape index (κ3) is 3.42. The van der Waals surface area contributed by atoms with Crippen LogP contribution in [0.25, 0.3) is 11.0 Å². The van der Waals surface area contributed by atoms with Crippen molar-refractivity contribution in [2.75, 3.05) is 18.4 Å². The molecular formula is C17H17BrN4O2S. The summed E-state index contributed by atoms with van der Waals surface area (Å²) < 4.78 is 0.736. The average Bonchev–Trinajstić information content (AvgIpc) is 3.27. The average molecular weight is 421 g/mol. The molecule has 0 spiro atoms. The van der Waals surface area contributed by atoms with Crippen LogP contribution >= 0.6 is 27.3 Å². The highest BCUT2D eigenvalue weighted by atomic mass is 79.9. The first kappa shape index (κ1) is 16.6. The molecule has 0 unspecified atom stereocenters. The van der Waals surface area contributed by atoms with Crippen LogP contribution in [0.3, 0.4) is 0 Å². The van der Waals surface area contributed by atoms with Gasteiger partial charge in [0.2, 0.25) is 5.91 Å². The molecule has 1 saturated heterocycles. The summed E-state index contributed by atoms with van der Waals surface area (Å²) in [5.41, 5.74) is 1.76. The molecule has 0 bridgehead atoms. The molecule has 3 N–H and O–H groups in total. The van der Waals surface area contributed by atoms with Gasteiger partial charge in [-0.25, -0.2) is 4.79 Å². The number of H-pyrrole nitrogens is 2. The zero-order valence-electron chi connectivity index (χ0n) is 13.3. The Morgan fingerprint density at radius 1 is 1.36 bits per heavy atom. The molecule has 0 radical (unpaired) electrons. The van der Waals surface area contributed by atoms with Gasteiger partial charge >= 0.3 is 5.69 Å². The molecule has 130 valence electrons. The van der Waals surface area contributed by atoms with E-state index in [4.69, 9.17) is 0 Å². The van der Waals surface area contributed by atoms with Crippen LogP contribution < -0.4 is 11.0 Å². The lowest BCUT2D eigenvalue weighted by molar-refractivity contribution is -0.117. The minimum Gasteiger partial charge on any atom is -0.324 e. The number of hydrogen-bond donors (Lipinski definition) is 3. The van der Waals surface area contributed by atoms with Gasteiger partial charge in [0.05, 0.1) is 23.3 Å². The van der Waals surface area contributed by atoms with Crippen molar-refractivity contribution in [3.8, 4) is 0 Å². The molecule has 0 aliphatic carbocycles. The molecule has 1 atom stereocenters. The number of imidazole rings is 1. The van der Waals surface area contributed by atoms with Crippen molar-refractivity contribution in [3.63, 3.8) is 0 Å². The minimum absolute atomic E-state index is 0.0543. The molecule has 1 amide bonds. The van der Waals surface area contributed by atoms with Crippen LogP contribution in [-0.2, 0) is 4.79 Å². The minimum atomic E-state index is -0.263. The van der Waals surface area contributed by atoms with E-state index < -0.39 is 0 Å². The molecule has 6 nitrogen and oxygen atoms in total. The number of rotatable bonds is 4. The molecule has 2 aromatic heterocycles. The van der Waals surface area contributed by atoms with Crippen LogP contribution in [-0.4, -0.2) is 33.9 Å². The quantitative estimate of drug-likeness (QED) is 0.604. The fraction of sp³-hybridized carbons (Fsp3) is 0.294. The van der Waals surface area contributed by atoms with Gasteiger partial charge < -0.3 is 15.3 Å². The molecule has 3 aromatic rings. The van der Waals surface area contributed by atoms with Gasteiger partial charge in [-0.05, 0) is 58.9 Å². The van der Waals surface area contributed by atoms with Crippen LogP contribution in [0.15, 0.2) is 38.9 Å². The number of benzene rings is 1. The van der Waals surface area contributed by atoms with E-state index in [1.54, 1.807) is 23.5 Å². The summed E-state index contributed by atoms with van der Waals surface area (Å²) in [4.78, 5) is 32.9. The van der Waals surface area contributed by atoms with Crippen LogP contribution in [0.1, 0.15) is 23.8 Å². The number of amides is 1. The van der Waals surface area contributed by atoms with Crippen molar-refractivity contribution in [3.05, 3.63) is 49.5 Å². The van der Waals surface area contributed by atoms with Crippen molar-refractivity contribution < 1.29 is 4.79 Å². The van der Waals surface area contributed by atoms with Crippen LogP contribution in [0, 0.1) is 0 Å². The van der Waals surface area contributed by atoms with E-state index in [1.807, 2.05) is 0 Å². The summed E-state index contributed by atoms with van der Waals surface area (Å²) in [6.45, 7) is 1.29. The number of halogens is 1. The van der Waals surface area contributed by atoms with Gasteiger partial charge in [0.15, 0.2) is 0 Å². The Morgan fingerprint density at radius 2 is 2.16 bits per heavy atom. The Hall–Kier alpha value is -1.90. The van der Waals surface area contributed by atoms with Crippen LogP contribution in [0.5, 0.6) is 0 Å². The number of thiophene rings is 1. The maximum Gasteiger partial charge on any atom is 0.323 e. The van der Waals surface area contributed by atoms with E-state index in [9.17, 15) is 9.59 Å². The van der Waals surface area contributed by atoms with Gasteiger partial charge in [-0.2, -0.15) is 0 Å². The number of aromatic amines is 2. The Bertz CT molecular complexity index is 963. The summed E-state index contributed by atoms with van der Waals surface area (Å²) in [7, 11) is 0. The molecule has 25 heavy (non-hydrogen) atoms. The van der Waals surface area contributed by atoms with Crippen molar-refractivity contribution in [2.24, 2.45) is 0 Å². The maximum absolute atomic E-state index is 12.5. The van der Waals surface area contributed by atoms with E-state index in [0.29, 0.717) is 29.3 Å². The van der Waals surface area contributed by atoms with E-state index in [0.717, 1.165) is 23.9 Å². The molecule has 0 saturated carbocycles. The smallest absolute Gasteiger partial charge is 0.323 e. The predicted molar refractivity (Wildman–Crippen MR) is 103 cm³/mol. The molecule has 4 rings (SSSR count). The number of hydrogen-bond acceptors (Lipinski definition) is 4. The highest BCUT2D eigenvalue weighted by Gasteiger charge is 2.28. The highest BCUT2D eigenvalue weighted by Crippen LogP contribution is 2.34. The summed E-state index contributed by atoms with van der Waals surface area (Å²) in [5.74, 6) is -0.0543. The first-order chi connectivity index (χ1) is 12.1. The maximum atomic E-state index is 12.5. The molecule has 1 aliphatic rings. The number of anilines is 1. The molecule has 8 heteroatoms. The first-order valence-electron chi connectivity index (χ1n) is 8.09. The van der Waals surface area contributed by atoms with Crippen molar-refractivity contribution in [1.29, 1.82) is 0 Å². The summed E-state index contributed by atoms with van der Waals surface area (Å²) in [6.07, 6.45) is 2.20. The van der Waals surface area contributed by atoms with Gasteiger partial charge in [0.1, 0.15) is 0 Å². The third-order valence-electron chi connectivity index (χ3n) is 4.46. The number of aromatic nitrogens is 2. The standard InChI is InChI=1S/C17H17BrN4O2S/c18-10-7-12-13(21-17(24)20-12)8-11(10)19-16(23)9-22-5-1-3-14(22)15-4-2-6-25-15/h2,4,6-8,14H,1,3,5,9H2,(H,19,23)(H2,20,21,24)/t14-/m0/s1. The van der Waals surface area contributed by atoms with Gasteiger partial charge in [0.25, 0.3) is 0 Å². The molecule has 1 aliphatic heterocycles. The van der Waals surface area contributed by atoms with Gasteiger partial charge in [0, 0.05) is 15.4 Å². The van der Waals surface area contributed by atoms with Crippen LogP contribution in [0.2, 0.25) is 0 Å².